The number of para-hydroxylation sites is 2. The van der Waals surface area contributed by atoms with Gasteiger partial charge in [0.2, 0.25) is 0 Å². The molecular formula is C18H17F4NO3. The molecule has 0 aromatic heterocycles. The van der Waals surface area contributed by atoms with Crippen LogP contribution in [-0.2, 0) is 11.3 Å². The van der Waals surface area contributed by atoms with Crippen molar-refractivity contribution in [2.75, 3.05) is 13.2 Å². The van der Waals surface area contributed by atoms with Crippen LogP contribution in [0, 0.1) is 12.7 Å². The fourth-order valence-electron chi connectivity index (χ4n) is 1.99. The normalized spacial score (nSPS) is 11.1. The lowest BCUT2D eigenvalue weighted by Crippen LogP contribution is -2.28. The number of halogens is 4. The monoisotopic (exact) mass is 371 g/mol. The molecule has 0 radical (unpaired) electrons. The van der Waals surface area contributed by atoms with Crippen LogP contribution in [0.25, 0.3) is 0 Å². The van der Waals surface area contributed by atoms with Crippen molar-refractivity contribution in [1.82, 2.24) is 5.32 Å². The van der Waals surface area contributed by atoms with Crippen molar-refractivity contribution in [3.05, 3.63) is 59.4 Å². The largest absolute Gasteiger partial charge is 0.480 e. The zero-order chi connectivity index (χ0) is 19.2. The Bertz CT molecular complexity index is 762. The summed E-state index contributed by atoms with van der Waals surface area (Å²) in [5, 5.41) is 2.54. The van der Waals surface area contributed by atoms with Crippen LogP contribution in [0.5, 0.6) is 11.5 Å². The highest BCUT2D eigenvalue weighted by atomic mass is 19.4. The first-order valence-corrected chi connectivity index (χ1v) is 7.68. The molecule has 26 heavy (non-hydrogen) atoms. The molecule has 0 heterocycles. The van der Waals surface area contributed by atoms with E-state index >= 15 is 0 Å². The minimum Gasteiger partial charge on any atom is -0.480 e. The number of rotatable bonds is 7. The molecule has 0 atom stereocenters. The SMILES string of the molecule is Cc1ccc(CNC(=O)COc2ccccc2OCC(F)(F)F)cc1F. The number of alkyl halides is 3. The molecule has 140 valence electrons. The Hall–Kier alpha value is -2.77. The number of nitrogens with one attached hydrogen (secondary N) is 1. The Kier molecular flexibility index (Phi) is 6.43. The molecule has 0 aliphatic carbocycles. The summed E-state index contributed by atoms with van der Waals surface area (Å²) >= 11 is 0. The van der Waals surface area contributed by atoms with Gasteiger partial charge in [-0.2, -0.15) is 13.2 Å². The molecule has 8 heteroatoms. The molecule has 0 fully saturated rings. The number of amides is 1. The predicted octanol–water partition coefficient (Wildman–Crippen LogP) is 3.77. The van der Waals surface area contributed by atoms with Crippen molar-refractivity contribution in [1.29, 1.82) is 0 Å². The highest BCUT2D eigenvalue weighted by molar-refractivity contribution is 5.77. The second-order valence-corrected chi connectivity index (χ2v) is 5.50. The van der Waals surface area contributed by atoms with Gasteiger partial charge in [0.05, 0.1) is 0 Å². The third-order valence-corrected chi connectivity index (χ3v) is 3.33. The van der Waals surface area contributed by atoms with Gasteiger partial charge in [-0.15, -0.1) is 0 Å². The second kappa shape index (κ2) is 8.55. The molecule has 0 aliphatic rings. The summed E-state index contributed by atoms with van der Waals surface area (Å²) in [7, 11) is 0. The summed E-state index contributed by atoms with van der Waals surface area (Å²) in [5.41, 5.74) is 1.08. The Morgan fingerprint density at radius 3 is 2.35 bits per heavy atom. The van der Waals surface area contributed by atoms with E-state index in [1.54, 1.807) is 25.1 Å². The standard InChI is InChI=1S/C18H17F4NO3/c1-12-6-7-13(8-14(12)19)9-23-17(24)10-25-15-4-2-3-5-16(15)26-11-18(20,21)22/h2-8H,9-11H2,1H3,(H,23,24). The molecule has 2 aromatic rings. The van der Waals surface area contributed by atoms with Gasteiger partial charge >= 0.3 is 6.18 Å². The van der Waals surface area contributed by atoms with E-state index in [4.69, 9.17) is 4.74 Å². The average molecular weight is 371 g/mol. The zero-order valence-corrected chi connectivity index (χ0v) is 13.9. The van der Waals surface area contributed by atoms with Gasteiger partial charge in [0.25, 0.3) is 5.91 Å². The fraction of sp³-hybridized carbons (Fsp3) is 0.278. The highest BCUT2D eigenvalue weighted by Gasteiger charge is 2.29. The molecule has 2 aromatic carbocycles. The van der Waals surface area contributed by atoms with Crippen molar-refractivity contribution in [2.24, 2.45) is 0 Å². The van der Waals surface area contributed by atoms with Crippen LogP contribution in [0.15, 0.2) is 42.5 Å². The van der Waals surface area contributed by atoms with Crippen LogP contribution in [-0.4, -0.2) is 25.3 Å². The maximum Gasteiger partial charge on any atom is 0.422 e. The van der Waals surface area contributed by atoms with E-state index in [0.29, 0.717) is 11.1 Å². The number of ether oxygens (including phenoxy) is 2. The van der Waals surface area contributed by atoms with Gasteiger partial charge in [-0.25, -0.2) is 4.39 Å². The Morgan fingerprint density at radius 1 is 1.08 bits per heavy atom. The predicted molar refractivity (Wildman–Crippen MR) is 86.5 cm³/mol. The van der Waals surface area contributed by atoms with Gasteiger partial charge in [0, 0.05) is 6.54 Å². The lowest BCUT2D eigenvalue weighted by Gasteiger charge is -2.14. The van der Waals surface area contributed by atoms with E-state index in [2.05, 4.69) is 10.1 Å². The number of carbonyl (C=O) groups is 1. The molecule has 0 saturated heterocycles. The molecule has 0 unspecified atom stereocenters. The van der Waals surface area contributed by atoms with Gasteiger partial charge in [0.1, 0.15) is 5.82 Å². The first-order valence-electron chi connectivity index (χ1n) is 7.68. The topological polar surface area (TPSA) is 47.6 Å². The maximum atomic E-state index is 13.4. The number of benzene rings is 2. The summed E-state index contributed by atoms with van der Waals surface area (Å²) in [5.74, 6) is -0.966. The minimum absolute atomic E-state index is 0.0216. The van der Waals surface area contributed by atoms with Crippen LogP contribution in [0.4, 0.5) is 17.6 Å². The molecule has 0 saturated carbocycles. The summed E-state index contributed by atoms with van der Waals surface area (Å²) in [6, 6.07) is 10.3. The first-order chi connectivity index (χ1) is 12.2. The van der Waals surface area contributed by atoms with Crippen LogP contribution in [0.3, 0.4) is 0 Å². The maximum absolute atomic E-state index is 13.4. The lowest BCUT2D eigenvalue weighted by molar-refractivity contribution is -0.153. The quantitative estimate of drug-likeness (QED) is 0.754. The van der Waals surface area contributed by atoms with Crippen molar-refractivity contribution >= 4 is 5.91 Å². The third kappa shape index (κ3) is 6.27. The Morgan fingerprint density at radius 2 is 1.73 bits per heavy atom. The van der Waals surface area contributed by atoms with Crippen molar-refractivity contribution in [3.8, 4) is 11.5 Å². The van der Waals surface area contributed by atoms with Crippen LogP contribution < -0.4 is 14.8 Å². The molecule has 0 spiro atoms. The second-order valence-electron chi connectivity index (χ2n) is 5.50. The summed E-state index contributed by atoms with van der Waals surface area (Å²) in [4.78, 5) is 11.8. The summed E-state index contributed by atoms with van der Waals surface area (Å²) < 4.78 is 60.1. The molecule has 0 bridgehead atoms. The van der Waals surface area contributed by atoms with Gasteiger partial charge in [-0.1, -0.05) is 24.3 Å². The van der Waals surface area contributed by atoms with Gasteiger partial charge in [0.15, 0.2) is 24.7 Å². The molecule has 2 rings (SSSR count). The van der Waals surface area contributed by atoms with E-state index in [0.717, 1.165) is 0 Å². The highest BCUT2D eigenvalue weighted by Crippen LogP contribution is 2.28. The number of hydrogen-bond acceptors (Lipinski definition) is 3. The van der Waals surface area contributed by atoms with Gasteiger partial charge in [-0.05, 0) is 36.2 Å². The van der Waals surface area contributed by atoms with Gasteiger partial charge in [-0.3, -0.25) is 4.79 Å². The molecule has 1 amide bonds. The van der Waals surface area contributed by atoms with Gasteiger partial charge < -0.3 is 14.8 Å². The molecular weight excluding hydrogens is 354 g/mol. The van der Waals surface area contributed by atoms with Crippen LogP contribution >= 0.6 is 0 Å². The van der Waals surface area contributed by atoms with Crippen LogP contribution in [0.1, 0.15) is 11.1 Å². The zero-order valence-electron chi connectivity index (χ0n) is 13.9. The summed E-state index contributed by atoms with van der Waals surface area (Å²) in [6.45, 7) is -0.144. The first kappa shape index (κ1) is 19.6. The van der Waals surface area contributed by atoms with Crippen LogP contribution in [0.2, 0.25) is 0 Å². The molecule has 1 N–H and O–H groups in total. The smallest absolute Gasteiger partial charge is 0.422 e. The van der Waals surface area contributed by atoms with Crippen molar-refractivity contribution in [2.45, 2.75) is 19.6 Å². The number of aryl methyl sites for hydroxylation is 1. The third-order valence-electron chi connectivity index (χ3n) is 3.33. The van der Waals surface area contributed by atoms with E-state index in [1.807, 2.05) is 0 Å². The van der Waals surface area contributed by atoms with E-state index in [9.17, 15) is 22.4 Å². The average Bonchev–Trinajstić information content (AvgIpc) is 2.59. The number of carbonyl (C=O) groups excluding carboxylic acids is 1. The summed E-state index contributed by atoms with van der Waals surface area (Å²) in [6.07, 6.45) is -4.48. The Balaban J connectivity index is 1.86. The fourth-order valence-corrected chi connectivity index (χ4v) is 1.99. The molecule has 0 aliphatic heterocycles. The minimum atomic E-state index is -4.48. The van der Waals surface area contributed by atoms with E-state index in [1.165, 1.54) is 24.3 Å². The van der Waals surface area contributed by atoms with Crippen molar-refractivity contribution in [3.63, 3.8) is 0 Å². The van der Waals surface area contributed by atoms with Crippen molar-refractivity contribution < 1.29 is 31.8 Å². The Labute approximate surface area is 147 Å². The molecule has 4 nitrogen and oxygen atoms in total. The van der Waals surface area contributed by atoms with E-state index in [-0.39, 0.29) is 23.9 Å². The lowest BCUT2D eigenvalue weighted by atomic mass is 10.1. The number of hydrogen-bond donors (Lipinski definition) is 1. The van der Waals surface area contributed by atoms with E-state index < -0.39 is 25.3 Å².